The lowest BCUT2D eigenvalue weighted by Gasteiger charge is -2.12. The van der Waals surface area contributed by atoms with E-state index in [1.54, 1.807) is 18.3 Å². The van der Waals surface area contributed by atoms with Crippen LogP contribution in [-0.4, -0.2) is 26.2 Å². The largest absolute Gasteiger partial charge is 0.378 e. The van der Waals surface area contributed by atoms with E-state index in [9.17, 15) is 4.79 Å². The summed E-state index contributed by atoms with van der Waals surface area (Å²) in [6, 6.07) is 15.5. The summed E-state index contributed by atoms with van der Waals surface area (Å²) >= 11 is 0. The van der Waals surface area contributed by atoms with Crippen molar-refractivity contribution >= 4 is 17.8 Å². The Balaban J connectivity index is 1.95. The zero-order chi connectivity index (χ0) is 15.9. The average Bonchev–Trinajstić information content (AvgIpc) is 2.55. The number of aryl methyl sites for hydroxylation is 1. The van der Waals surface area contributed by atoms with Gasteiger partial charge < -0.3 is 4.90 Å². The maximum Gasteiger partial charge on any atom is 0.271 e. The Labute approximate surface area is 131 Å². The number of rotatable bonds is 5. The van der Waals surface area contributed by atoms with Gasteiger partial charge in [0.05, 0.1) is 6.21 Å². The lowest BCUT2D eigenvalue weighted by molar-refractivity contribution is 0.0955. The Morgan fingerprint density at radius 1 is 1.09 bits per heavy atom. The van der Waals surface area contributed by atoms with Crippen LogP contribution in [0.25, 0.3) is 0 Å². The normalized spacial score (nSPS) is 10.7. The van der Waals surface area contributed by atoms with Crippen LogP contribution in [0, 0.1) is 0 Å². The highest BCUT2D eigenvalue weighted by atomic mass is 16.2. The second kappa shape index (κ2) is 7.41. The van der Waals surface area contributed by atoms with Crippen LogP contribution in [0.4, 0.5) is 5.69 Å². The number of carbonyl (C=O) groups excluding carboxylic acids is 1. The Morgan fingerprint density at radius 3 is 2.27 bits per heavy atom. The molecule has 0 aromatic heterocycles. The fourth-order valence-corrected chi connectivity index (χ4v) is 1.98. The molecule has 0 saturated carbocycles. The highest BCUT2D eigenvalue weighted by molar-refractivity contribution is 5.95. The van der Waals surface area contributed by atoms with E-state index in [-0.39, 0.29) is 5.91 Å². The Kier molecular flexibility index (Phi) is 5.31. The maximum absolute atomic E-state index is 12.0. The number of nitrogens with zero attached hydrogens (tertiary/aromatic N) is 2. The molecule has 4 nitrogen and oxygen atoms in total. The van der Waals surface area contributed by atoms with E-state index in [0.717, 1.165) is 17.7 Å². The number of hydrazone groups is 1. The quantitative estimate of drug-likeness (QED) is 0.680. The molecule has 4 heteroatoms. The molecular weight excluding hydrogens is 274 g/mol. The SMILES string of the molecule is CCc1ccc(C=NNC(=O)c2ccc(N(C)C)cc2)cc1. The van der Waals surface area contributed by atoms with Crippen molar-refractivity contribution in [3.63, 3.8) is 0 Å². The predicted octanol–water partition coefficient (Wildman–Crippen LogP) is 3.08. The second-order valence-corrected chi connectivity index (χ2v) is 5.24. The van der Waals surface area contributed by atoms with Gasteiger partial charge in [0.15, 0.2) is 0 Å². The standard InChI is InChI=1S/C18H21N3O/c1-4-14-5-7-15(8-6-14)13-19-20-18(22)16-9-11-17(12-10-16)21(2)3/h5-13H,4H2,1-3H3,(H,20,22). The van der Waals surface area contributed by atoms with Crippen LogP contribution in [0.5, 0.6) is 0 Å². The number of hydrogen-bond acceptors (Lipinski definition) is 3. The molecular formula is C18H21N3O. The molecule has 1 N–H and O–H groups in total. The van der Waals surface area contributed by atoms with E-state index < -0.39 is 0 Å². The number of nitrogens with one attached hydrogen (secondary N) is 1. The summed E-state index contributed by atoms with van der Waals surface area (Å²) in [5.41, 5.74) is 6.42. The molecule has 0 aliphatic rings. The molecule has 0 heterocycles. The van der Waals surface area contributed by atoms with Gasteiger partial charge in [-0.1, -0.05) is 31.2 Å². The molecule has 2 aromatic carbocycles. The van der Waals surface area contributed by atoms with Crippen molar-refractivity contribution in [2.45, 2.75) is 13.3 Å². The summed E-state index contributed by atoms with van der Waals surface area (Å²) in [5.74, 6) is -0.216. The smallest absolute Gasteiger partial charge is 0.271 e. The fourth-order valence-electron chi connectivity index (χ4n) is 1.98. The highest BCUT2D eigenvalue weighted by Crippen LogP contribution is 2.12. The Bertz CT molecular complexity index is 643. The summed E-state index contributed by atoms with van der Waals surface area (Å²) in [5, 5.41) is 4.00. The van der Waals surface area contributed by atoms with Gasteiger partial charge in [-0.15, -0.1) is 0 Å². The fraction of sp³-hybridized carbons (Fsp3) is 0.222. The van der Waals surface area contributed by atoms with E-state index in [1.807, 2.05) is 43.3 Å². The van der Waals surface area contributed by atoms with Crippen molar-refractivity contribution in [2.24, 2.45) is 5.10 Å². The minimum atomic E-state index is -0.216. The summed E-state index contributed by atoms with van der Waals surface area (Å²) in [6.07, 6.45) is 2.66. The molecule has 0 aliphatic heterocycles. The first kappa shape index (κ1) is 15.8. The van der Waals surface area contributed by atoms with Gasteiger partial charge >= 0.3 is 0 Å². The molecule has 2 rings (SSSR count). The van der Waals surface area contributed by atoms with E-state index in [4.69, 9.17) is 0 Å². The van der Waals surface area contributed by atoms with Crippen LogP contribution in [-0.2, 0) is 6.42 Å². The lowest BCUT2D eigenvalue weighted by Crippen LogP contribution is -2.17. The minimum Gasteiger partial charge on any atom is -0.378 e. The monoisotopic (exact) mass is 295 g/mol. The molecule has 22 heavy (non-hydrogen) atoms. The number of amides is 1. The van der Waals surface area contributed by atoms with Crippen molar-refractivity contribution in [3.05, 3.63) is 65.2 Å². The third-order valence-electron chi connectivity index (χ3n) is 3.41. The molecule has 1 amide bonds. The van der Waals surface area contributed by atoms with Gasteiger partial charge in [0.2, 0.25) is 0 Å². The first-order chi connectivity index (χ1) is 10.6. The van der Waals surface area contributed by atoms with Gasteiger partial charge in [-0.3, -0.25) is 4.79 Å². The van der Waals surface area contributed by atoms with E-state index >= 15 is 0 Å². The summed E-state index contributed by atoms with van der Waals surface area (Å²) in [6.45, 7) is 2.12. The van der Waals surface area contributed by atoms with Gasteiger partial charge in [-0.2, -0.15) is 5.10 Å². The van der Waals surface area contributed by atoms with Crippen LogP contribution >= 0.6 is 0 Å². The summed E-state index contributed by atoms with van der Waals surface area (Å²) in [4.78, 5) is 14.0. The zero-order valence-corrected chi connectivity index (χ0v) is 13.2. The molecule has 0 bridgehead atoms. The van der Waals surface area contributed by atoms with Crippen LogP contribution in [0.3, 0.4) is 0 Å². The molecule has 0 spiro atoms. The maximum atomic E-state index is 12.0. The van der Waals surface area contributed by atoms with Crippen LogP contribution in [0.1, 0.15) is 28.4 Å². The third kappa shape index (κ3) is 4.19. The minimum absolute atomic E-state index is 0.216. The van der Waals surface area contributed by atoms with Crippen molar-refractivity contribution in [1.29, 1.82) is 0 Å². The van der Waals surface area contributed by atoms with Crippen LogP contribution in [0.2, 0.25) is 0 Å². The van der Waals surface area contributed by atoms with Crippen LogP contribution in [0.15, 0.2) is 53.6 Å². The topological polar surface area (TPSA) is 44.7 Å². The van der Waals surface area contributed by atoms with Crippen molar-refractivity contribution in [2.75, 3.05) is 19.0 Å². The number of anilines is 1. The van der Waals surface area contributed by atoms with Crippen LogP contribution < -0.4 is 10.3 Å². The summed E-state index contributed by atoms with van der Waals surface area (Å²) in [7, 11) is 3.92. The molecule has 114 valence electrons. The van der Waals surface area contributed by atoms with Gasteiger partial charge in [0.25, 0.3) is 5.91 Å². The molecule has 2 aromatic rings. The number of benzene rings is 2. The van der Waals surface area contributed by atoms with E-state index in [2.05, 4.69) is 29.6 Å². The van der Waals surface area contributed by atoms with E-state index in [0.29, 0.717) is 5.56 Å². The van der Waals surface area contributed by atoms with Gasteiger partial charge in [0.1, 0.15) is 0 Å². The third-order valence-corrected chi connectivity index (χ3v) is 3.41. The average molecular weight is 295 g/mol. The second-order valence-electron chi connectivity index (χ2n) is 5.24. The first-order valence-electron chi connectivity index (χ1n) is 7.30. The summed E-state index contributed by atoms with van der Waals surface area (Å²) < 4.78 is 0. The van der Waals surface area contributed by atoms with Gasteiger partial charge in [-0.05, 0) is 41.8 Å². The van der Waals surface area contributed by atoms with Crippen molar-refractivity contribution in [1.82, 2.24) is 5.43 Å². The van der Waals surface area contributed by atoms with Gasteiger partial charge in [-0.25, -0.2) is 5.43 Å². The predicted molar refractivity (Wildman–Crippen MR) is 91.6 cm³/mol. The lowest BCUT2D eigenvalue weighted by atomic mass is 10.1. The molecule has 0 atom stereocenters. The first-order valence-corrected chi connectivity index (χ1v) is 7.30. The Hall–Kier alpha value is -2.62. The molecule has 0 fully saturated rings. The van der Waals surface area contributed by atoms with Gasteiger partial charge in [0, 0.05) is 25.3 Å². The van der Waals surface area contributed by atoms with Crippen molar-refractivity contribution in [3.8, 4) is 0 Å². The zero-order valence-electron chi connectivity index (χ0n) is 13.2. The molecule has 0 saturated heterocycles. The Morgan fingerprint density at radius 2 is 1.73 bits per heavy atom. The van der Waals surface area contributed by atoms with Crippen molar-refractivity contribution < 1.29 is 4.79 Å². The number of hydrogen-bond donors (Lipinski definition) is 1. The number of carbonyl (C=O) groups is 1. The molecule has 0 unspecified atom stereocenters. The molecule has 0 radical (unpaired) electrons. The molecule has 0 aliphatic carbocycles. The van der Waals surface area contributed by atoms with E-state index in [1.165, 1.54) is 5.56 Å². The highest BCUT2D eigenvalue weighted by Gasteiger charge is 2.04.